The van der Waals surface area contributed by atoms with E-state index in [1.54, 1.807) is 0 Å². The van der Waals surface area contributed by atoms with Crippen LogP contribution in [0.2, 0.25) is 19.1 Å². The highest BCUT2D eigenvalue weighted by atomic mass is 28.4. The van der Waals surface area contributed by atoms with Crippen molar-refractivity contribution in [2.24, 2.45) is 0 Å². The zero-order valence-electron chi connectivity index (χ0n) is 11.3. The van der Waals surface area contributed by atoms with E-state index in [0.717, 1.165) is 19.7 Å². The molecule has 2 nitrogen and oxygen atoms in total. The van der Waals surface area contributed by atoms with Crippen molar-refractivity contribution >= 4 is 8.32 Å². The van der Waals surface area contributed by atoms with Crippen LogP contribution in [-0.2, 0) is 11.0 Å². The van der Waals surface area contributed by atoms with E-state index in [1.165, 1.54) is 18.0 Å². The fraction of sp³-hybridized carbons (Fsp3) is 0.571. The van der Waals surface area contributed by atoms with E-state index in [-0.39, 0.29) is 0 Å². The standard InChI is InChI=1S/C14H25NOSi/c1-4-16-17(2,3)12-8-11-15-13-14-9-6-5-7-10-14/h5-7,9-10,15H,4,8,11-13H2,1-3H3. The maximum absolute atomic E-state index is 5.81. The van der Waals surface area contributed by atoms with E-state index in [1.807, 2.05) is 0 Å². The topological polar surface area (TPSA) is 21.3 Å². The average molecular weight is 251 g/mol. The second-order valence-electron chi connectivity index (χ2n) is 4.96. The Morgan fingerprint density at radius 3 is 2.53 bits per heavy atom. The SMILES string of the molecule is CCO[Si](C)(C)CCCNCc1ccccc1. The largest absolute Gasteiger partial charge is 0.418 e. The van der Waals surface area contributed by atoms with Crippen LogP contribution < -0.4 is 5.32 Å². The number of rotatable bonds is 8. The molecule has 0 aliphatic rings. The summed E-state index contributed by atoms with van der Waals surface area (Å²) in [6.45, 7) is 9.59. The summed E-state index contributed by atoms with van der Waals surface area (Å²) in [6, 6.07) is 11.8. The Morgan fingerprint density at radius 1 is 1.18 bits per heavy atom. The third kappa shape index (κ3) is 6.61. The summed E-state index contributed by atoms with van der Waals surface area (Å²) in [7, 11) is -1.37. The molecule has 0 aliphatic carbocycles. The Morgan fingerprint density at radius 2 is 1.88 bits per heavy atom. The number of nitrogens with one attached hydrogen (secondary N) is 1. The molecule has 1 rings (SSSR count). The van der Waals surface area contributed by atoms with Crippen LogP contribution in [0.1, 0.15) is 18.9 Å². The van der Waals surface area contributed by atoms with Crippen molar-refractivity contribution in [3.8, 4) is 0 Å². The first-order chi connectivity index (χ1) is 8.14. The predicted molar refractivity (Wildman–Crippen MR) is 76.7 cm³/mol. The van der Waals surface area contributed by atoms with Crippen molar-refractivity contribution in [3.63, 3.8) is 0 Å². The summed E-state index contributed by atoms with van der Waals surface area (Å²) >= 11 is 0. The monoisotopic (exact) mass is 251 g/mol. The minimum Gasteiger partial charge on any atom is -0.418 e. The maximum Gasteiger partial charge on any atom is 0.186 e. The lowest BCUT2D eigenvalue weighted by atomic mass is 10.2. The van der Waals surface area contributed by atoms with Gasteiger partial charge in [0, 0.05) is 13.2 Å². The first kappa shape index (κ1) is 14.4. The lowest BCUT2D eigenvalue weighted by molar-refractivity contribution is 0.328. The van der Waals surface area contributed by atoms with Gasteiger partial charge in [0.15, 0.2) is 8.32 Å². The van der Waals surface area contributed by atoms with E-state index >= 15 is 0 Å². The second kappa shape index (κ2) is 7.64. The van der Waals surface area contributed by atoms with Gasteiger partial charge in [0.05, 0.1) is 0 Å². The molecule has 0 heterocycles. The van der Waals surface area contributed by atoms with Crippen molar-refractivity contribution in [1.29, 1.82) is 0 Å². The van der Waals surface area contributed by atoms with Gasteiger partial charge in [0.2, 0.25) is 0 Å². The maximum atomic E-state index is 5.81. The zero-order valence-corrected chi connectivity index (χ0v) is 12.3. The van der Waals surface area contributed by atoms with Crippen molar-refractivity contribution in [1.82, 2.24) is 5.32 Å². The van der Waals surface area contributed by atoms with Crippen LogP contribution in [0, 0.1) is 0 Å². The fourth-order valence-electron chi connectivity index (χ4n) is 1.93. The summed E-state index contributed by atoms with van der Waals surface area (Å²) in [5.41, 5.74) is 1.36. The highest BCUT2D eigenvalue weighted by Crippen LogP contribution is 2.12. The summed E-state index contributed by atoms with van der Waals surface area (Å²) < 4.78 is 5.81. The third-order valence-corrected chi connectivity index (χ3v) is 5.47. The predicted octanol–water partition coefficient (Wildman–Crippen LogP) is 3.41. The molecule has 0 aromatic heterocycles. The molecule has 0 radical (unpaired) electrons. The minimum absolute atomic E-state index is 0.858. The van der Waals surface area contributed by atoms with Gasteiger partial charge < -0.3 is 9.74 Å². The van der Waals surface area contributed by atoms with Gasteiger partial charge in [-0.25, -0.2) is 0 Å². The van der Waals surface area contributed by atoms with Crippen LogP contribution in [0.15, 0.2) is 30.3 Å². The molecule has 0 atom stereocenters. The second-order valence-corrected chi connectivity index (χ2v) is 9.27. The molecule has 0 fully saturated rings. The normalized spacial score (nSPS) is 11.7. The molecule has 0 saturated carbocycles. The lowest BCUT2D eigenvalue weighted by Crippen LogP contribution is -2.31. The highest BCUT2D eigenvalue weighted by Gasteiger charge is 2.20. The quantitative estimate of drug-likeness (QED) is 0.565. The first-order valence-corrected chi connectivity index (χ1v) is 9.64. The average Bonchev–Trinajstić information content (AvgIpc) is 2.30. The molecule has 0 amide bonds. The Labute approximate surface area is 107 Å². The van der Waals surface area contributed by atoms with Crippen molar-refractivity contribution in [3.05, 3.63) is 35.9 Å². The van der Waals surface area contributed by atoms with E-state index in [4.69, 9.17) is 4.43 Å². The van der Waals surface area contributed by atoms with Gasteiger partial charge in [-0.1, -0.05) is 30.3 Å². The van der Waals surface area contributed by atoms with E-state index in [9.17, 15) is 0 Å². The van der Waals surface area contributed by atoms with Gasteiger partial charge in [0.25, 0.3) is 0 Å². The van der Waals surface area contributed by atoms with Crippen LogP contribution in [0.5, 0.6) is 0 Å². The van der Waals surface area contributed by atoms with Crippen LogP contribution in [0.25, 0.3) is 0 Å². The van der Waals surface area contributed by atoms with Crippen LogP contribution in [-0.4, -0.2) is 21.5 Å². The van der Waals surface area contributed by atoms with Gasteiger partial charge in [0.1, 0.15) is 0 Å². The smallest absolute Gasteiger partial charge is 0.186 e. The number of hydrogen-bond acceptors (Lipinski definition) is 2. The number of benzene rings is 1. The third-order valence-electron chi connectivity index (χ3n) is 2.84. The molecule has 1 N–H and O–H groups in total. The zero-order chi connectivity index (χ0) is 12.6. The van der Waals surface area contributed by atoms with Crippen LogP contribution in [0.3, 0.4) is 0 Å². The highest BCUT2D eigenvalue weighted by molar-refractivity contribution is 6.71. The van der Waals surface area contributed by atoms with Crippen LogP contribution in [0.4, 0.5) is 0 Å². The van der Waals surface area contributed by atoms with Gasteiger partial charge >= 0.3 is 0 Å². The first-order valence-electron chi connectivity index (χ1n) is 6.52. The van der Waals surface area contributed by atoms with E-state index < -0.39 is 8.32 Å². The Kier molecular flexibility index (Phi) is 6.48. The van der Waals surface area contributed by atoms with Crippen molar-refractivity contribution in [2.75, 3.05) is 13.2 Å². The molecular weight excluding hydrogens is 226 g/mol. The summed E-state index contributed by atoms with van der Waals surface area (Å²) in [5, 5.41) is 3.48. The molecule has 0 bridgehead atoms. The summed E-state index contributed by atoms with van der Waals surface area (Å²) in [4.78, 5) is 0. The number of hydrogen-bond donors (Lipinski definition) is 1. The summed E-state index contributed by atoms with van der Waals surface area (Å²) in [5.74, 6) is 0. The molecule has 1 aromatic carbocycles. The van der Waals surface area contributed by atoms with Crippen molar-refractivity contribution < 1.29 is 4.43 Å². The summed E-state index contributed by atoms with van der Waals surface area (Å²) in [6.07, 6.45) is 1.21. The molecule has 0 spiro atoms. The molecule has 17 heavy (non-hydrogen) atoms. The molecule has 0 saturated heterocycles. The molecule has 3 heteroatoms. The fourth-order valence-corrected chi connectivity index (χ4v) is 3.88. The molecule has 0 aliphatic heterocycles. The minimum atomic E-state index is -1.37. The van der Waals surface area contributed by atoms with Gasteiger partial charge in [-0.3, -0.25) is 0 Å². The Bertz CT molecular complexity index is 300. The Hall–Kier alpha value is -0.643. The van der Waals surface area contributed by atoms with Gasteiger partial charge in [-0.2, -0.15) is 0 Å². The molecule has 1 aromatic rings. The molecular formula is C14H25NOSi. The van der Waals surface area contributed by atoms with Gasteiger partial charge in [-0.15, -0.1) is 0 Å². The van der Waals surface area contributed by atoms with Gasteiger partial charge in [-0.05, 0) is 44.6 Å². The Balaban J connectivity index is 2.09. The van der Waals surface area contributed by atoms with Crippen molar-refractivity contribution in [2.45, 2.75) is 39.0 Å². The van der Waals surface area contributed by atoms with Crippen LogP contribution >= 0.6 is 0 Å². The van der Waals surface area contributed by atoms with E-state index in [0.29, 0.717) is 0 Å². The molecule has 0 unspecified atom stereocenters. The lowest BCUT2D eigenvalue weighted by Gasteiger charge is -2.21. The molecule has 96 valence electrons. The van der Waals surface area contributed by atoms with E-state index in [2.05, 4.69) is 55.7 Å².